The van der Waals surface area contributed by atoms with E-state index in [-0.39, 0.29) is 22.3 Å². The van der Waals surface area contributed by atoms with Crippen molar-refractivity contribution in [3.63, 3.8) is 0 Å². The van der Waals surface area contributed by atoms with Gasteiger partial charge in [-0.2, -0.15) is 0 Å². The van der Waals surface area contributed by atoms with Crippen LogP contribution in [0.25, 0.3) is 11.0 Å². The predicted octanol–water partition coefficient (Wildman–Crippen LogP) is 4.19. The summed E-state index contributed by atoms with van der Waals surface area (Å²) in [7, 11) is -3.86. The van der Waals surface area contributed by atoms with E-state index in [2.05, 4.69) is 20.0 Å². The summed E-state index contributed by atoms with van der Waals surface area (Å²) >= 11 is 0. The van der Waals surface area contributed by atoms with Crippen LogP contribution in [0, 0.1) is 6.92 Å². The highest BCUT2D eigenvalue weighted by Gasteiger charge is 2.19. The van der Waals surface area contributed by atoms with Gasteiger partial charge in [0.2, 0.25) is 0 Å². The van der Waals surface area contributed by atoms with Gasteiger partial charge in [-0.25, -0.2) is 18.4 Å². The molecule has 4 aromatic rings. The summed E-state index contributed by atoms with van der Waals surface area (Å²) in [5.41, 5.74) is 2.66. The first-order valence-electron chi connectivity index (χ1n) is 8.83. The number of anilines is 3. The summed E-state index contributed by atoms with van der Waals surface area (Å²) < 4.78 is 28.2. The second-order valence-electron chi connectivity index (χ2n) is 6.50. The highest BCUT2D eigenvalue weighted by atomic mass is 32.2. The van der Waals surface area contributed by atoms with Gasteiger partial charge in [0.05, 0.1) is 15.9 Å². The summed E-state index contributed by atoms with van der Waals surface area (Å²) in [6.45, 7) is 1.88. The SMILES string of the molecule is Cc1ccc(S(=O)(=O)Nc2nc3ccccc3nc2Nc2cccc(O)c2)cc1. The molecule has 0 aliphatic carbocycles. The van der Waals surface area contributed by atoms with E-state index in [0.29, 0.717) is 16.7 Å². The molecule has 146 valence electrons. The van der Waals surface area contributed by atoms with Crippen LogP contribution in [0.5, 0.6) is 5.75 Å². The number of nitrogens with one attached hydrogen (secondary N) is 2. The number of sulfonamides is 1. The molecule has 0 saturated carbocycles. The first-order chi connectivity index (χ1) is 13.9. The zero-order chi connectivity index (χ0) is 20.4. The molecule has 1 heterocycles. The van der Waals surface area contributed by atoms with Gasteiger partial charge < -0.3 is 10.4 Å². The number of hydrogen-bond donors (Lipinski definition) is 3. The number of aryl methyl sites for hydroxylation is 1. The second kappa shape index (κ2) is 7.40. The van der Waals surface area contributed by atoms with Gasteiger partial charge in [0.15, 0.2) is 11.6 Å². The lowest BCUT2D eigenvalue weighted by molar-refractivity contribution is 0.475. The van der Waals surface area contributed by atoms with Gasteiger partial charge in [-0.15, -0.1) is 0 Å². The lowest BCUT2D eigenvalue weighted by Gasteiger charge is -2.14. The summed E-state index contributed by atoms with van der Waals surface area (Å²) in [6, 6.07) is 20.1. The average Bonchev–Trinajstić information content (AvgIpc) is 2.68. The molecule has 7 nitrogen and oxygen atoms in total. The molecule has 0 aliphatic rings. The Morgan fingerprint density at radius 2 is 1.48 bits per heavy atom. The number of fused-ring (bicyclic) bond motifs is 1. The topological polar surface area (TPSA) is 104 Å². The van der Waals surface area contributed by atoms with Crippen molar-refractivity contribution < 1.29 is 13.5 Å². The Morgan fingerprint density at radius 3 is 2.14 bits per heavy atom. The van der Waals surface area contributed by atoms with Crippen molar-refractivity contribution in [1.82, 2.24) is 9.97 Å². The summed E-state index contributed by atoms with van der Waals surface area (Å²) in [5.74, 6) is 0.364. The van der Waals surface area contributed by atoms with Crippen LogP contribution in [0.3, 0.4) is 0 Å². The summed E-state index contributed by atoms with van der Waals surface area (Å²) in [4.78, 5) is 9.08. The van der Waals surface area contributed by atoms with Crippen molar-refractivity contribution in [2.75, 3.05) is 10.0 Å². The summed E-state index contributed by atoms with van der Waals surface area (Å²) in [5, 5.41) is 12.7. The van der Waals surface area contributed by atoms with Crippen molar-refractivity contribution in [2.45, 2.75) is 11.8 Å². The Labute approximate surface area is 168 Å². The maximum atomic E-state index is 12.9. The lowest BCUT2D eigenvalue weighted by atomic mass is 10.2. The zero-order valence-electron chi connectivity index (χ0n) is 15.5. The number of phenolic OH excluding ortho intramolecular Hbond substituents is 1. The number of nitrogens with zero attached hydrogens (tertiary/aromatic N) is 2. The molecule has 8 heteroatoms. The molecule has 0 saturated heterocycles. The molecule has 0 bridgehead atoms. The standard InChI is InChI=1S/C21H18N4O3S/c1-14-9-11-17(12-10-14)29(27,28)25-21-20(22-15-5-4-6-16(26)13-15)23-18-7-2-3-8-19(18)24-21/h2-13,26H,1H3,(H,22,23)(H,24,25). The first-order valence-corrected chi connectivity index (χ1v) is 10.3. The fraction of sp³-hybridized carbons (Fsp3) is 0.0476. The maximum Gasteiger partial charge on any atom is 0.263 e. The molecule has 29 heavy (non-hydrogen) atoms. The lowest BCUT2D eigenvalue weighted by Crippen LogP contribution is -2.16. The fourth-order valence-corrected chi connectivity index (χ4v) is 3.79. The van der Waals surface area contributed by atoms with Gasteiger partial charge in [0.25, 0.3) is 10.0 Å². The van der Waals surface area contributed by atoms with E-state index in [0.717, 1.165) is 5.56 Å². The van der Waals surface area contributed by atoms with Crippen molar-refractivity contribution in [3.05, 3.63) is 78.4 Å². The minimum atomic E-state index is -3.86. The molecule has 0 spiro atoms. The number of para-hydroxylation sites is 2. The molecule has 0 radical (unpaired) electrons. The van der Waals surface area contributed by atoms with Gasteiger partial charge in [-0.05, 0) is 43.3 Å². The van der Waals surface area contributed by atoms with E-state index in [1.807, 2.05) is 13.0 Å². The number of rotatable bonds is 5. The van der Waals surface area contributed by atoms with Crippen LogP contribution < -0.4 is 10.0 Å². The van der Waals surface area contributed by atoms with Gasteiger partial charge in [-0.1, -0.05) is 35.9 Å². The number of benzene rings is 3. The van der Waals surface area contributed by atoms with E-state index in [1.165, 1.54) is 24.3 Å². The monoisotopic (exact) mass is 406 g/mol. The molecule has 3 N–H and O–H groups in total. The van der Waals surface area contributed by atoms with E-state index >= 15 is 0 Å². The largest absolute Gasteiger partial charge is 0.508 e. The molecule has 4 rings (SSSR count). The molecule has 0 aliphatic heterocycles. The Kier molecular flexibility index (Phi) is 4.77. The number of aromatic hydroxyl groups is 1. The van der Waals surface area contributed by atoms with Crippen LogP contribution in [-0.2, 0) is 10.0 Å². The third-order valence-corrected chi connectivity index (χ3v) is 5.60. The maximum absolute atomic E-state index is 12.9. The third kappa shape index (κ3) is 4.12. The molecule has 0 atom stereocenters. The quantitative estimate of drug-likeness (QED) is 0.459. The highest BCUT2D eigenvalue weighted by Crippen LogP contribution is 2.28. The predicted molar refractivity (Wildman–Crippen MR) is 113 cm³/mol. The smallest absolute Gasteiger partial charge is 0.263 e. The van der Waals surface area contributed by atoms with Crippen LogP contribution in [0.2, 0.25) is 0 Å². The summed E-state index contributed by atoms with van der Waals surface area (Å²) in [6.07, 6.45) is 0. The zero-order valence-corrected chi connectivity index (χ0v) is 16.3. The van der Waals surface area contributed by atoms with Crippen molar-refractivity contribution in [1.29, 1.82) is 0 Å². The Morgan fingerprint density at radius 1 is 0.828 bits per heavy atom. The van der Waals surface area contributed by atoms with Crippen LogP contribution >= 0.6 is 0 Å². The van der Waals surface area contributed by atoms with E-state index in [1.54, 1.807) is 42.5 Å². The normalized spacial score (nSPS) is 11.3. The minimum Gasteiger partial charge on any atom is -0.508 e. The van der Waals surface area contributed by atoms with E-state index in [9.17, 15) is 13.5 Å². The number of hydrogen-bond acceptors (Lipinski definition) is 6. The van der Waals surface area contributed by atoms with Crippen LogP contribution in [0.4, 0.5) is 17.3 Å². The fourth-order valence-electron chi connectivity index (χ4n) is 2.78. The molecule has 1 aromatic heterocycles. The Balaban J connectivity index is 1.78. The van der Waals surface area contributed by atoms with E-state index < -0.39 is 10.0 Å². The van der Waals surface area contributed by atoms with Gasteiger partial charge >= 0.3 is 0 Å². The Bertz CT molecular complexity index is 1290. The molecular formula is C21H18N4O3S. The highest BCUT2D eigenvalue weighted by molar-refractivity contribution is 7.92. The van der Waals surface area contributed by atoms with Crippen LogP contribution in [-0.4, -0.2) is 23.5 Å². The van der Waals surface area contributed by atoms with Crippen molar-refractivity contribution in [2.24, 2.45) is 0 Å². The molecular weight excluding hydrogens is 388 g/mol. The number of phenols is 1. The van der Waals surface area contributed by atoms with Crippen molar-refractivity contribution >= 4 is 38.4 Å². The van der Waals surface area contributed by atoms with E-state index in [4.69, 9.17) is 0 Å². The second-order valence-corrected chi connectivity index (χ2v) is 8.19. The number of aromatic nitrogens is 2. The average molecular weight is 406 g/mol. The van der Waals surface area contributed by atoms with Gasteiger partial charge in [0.1, 0.15) is 5.75 Å². The van der Waals surface area contributed by atoms with Crippen LogP contribution in [0.15, 0.2) is 77.7 Å². The molecule has 0 unspecified atom stereocenters. The Hall–Kier alpha value is -3.65. The van der Waals surface area contributed by atoms with Gasteiger partial charge in [-0.3, -0.25) is 4.72 Å². The first kappa shape index (κ1) is 18.7. The van der Waals surface area contributed by atoms with Crippen molar-refractivity contribution in [3.8, 4) is 5.75 Å². The molecule has 3 aromatic carbocycles. The minimum absolute atomic E-state index is 0.0626. The third-order valence-electron chi connectivity index (χ3n) is 4.24. The van der Waals surface area contributed by atoms with Gasteiger partial charge in [0, 0.05) is 11.8 Å². The molecule has 0 fully saturated rings. The van der Waals surface area contributed by atoms with Crippen LogP contribution in [0.1, 0.15) is 5.56 Å². The molecule has 0 amide bonds.